The number of nitrogens with one attached hydrogen (secondary N) is 2. The van der Waals surface area contributed by atoms with E-state index in [4.69, 9.17) is 0 Å². The van der Waals surface area contributed by atoms with Crippen LogP contribution in [0.2, 0.25) is 0 Å². The molecule has 2 aromatic heterocycles. The van der Waals surface area contributed by atoms with Gasteiger partial charge in [-0.3, -0.25) is 14.6 Å². The zero-order chi connectivity index (χ0) is 34.3. The summed E-state index contributed by atoms with van der Waals surface area (Å²) in [5.41, 5.74) is -4.83. The number of fused-ring (bicyclic) bond motifs is 1. The minimum atomic E-state index is -4.92. The number of benzene rings is 2. The van der Waals surface area contributed by atoms with Crippen molar-refractivity contribution in [2.75, 3.05) is 5.32 Å². The van der Waals surface area contributed by atoms with E-state index in [9.17, 15) is 54.6 Å². The van der Waals surface area contributed by atoms with E-state index >= 15 is 0 Å². The Morgan fingerprint density at radius 2 is 1.65 bits per heavy atom. The Morgan fingerprint density at radius 3 is 2.22 bits per heavy atom. The van der Waals surface area contributed by atoms with Crippen LogP contribution in [0.5, 0.6) is 0 Å². The molecule has 8 nitrogen and oxygen atoms in total. The molecular formula is C30H24F8N4O4. The number of anilines is 1. The van der Waals surface area contributed by atoms with Gasteiger partial charge in [-0.25, -0.2) is 13.6 Å². The predicted molar refractivity (Wildman–Crippen MR) is 150 cm³/mol. The number of carboxylic acids is 1. The molecule has 46 heavy (non-hydrogen) atoms. The van der Waals surface area contributed by atoms with E-state index in [1.54, 1.807) is 0 Å². The number of halogens is 8. The highest BCUT2D eigenvalue weighted by molar-refractivity contribution is 5.99. The third kappa shape index (κ3) is 6.79. The van der Waals surface area contributed by atoms with Crippen molar-refractivity contribution in [2.24, 2.45) is 7.05 Å². The SMILES string of the molecule is Cc1cc(C(F)(F)F)c(-c2ccc(CC(NC(=O)c3c(F)cc(NC(C)C(F)(F)F)cc3F)C(=O)O)c3cccnc23)c(=O)n1C. The fourth-order valence-electron chi connectivity index (χ4n) is 4.77. The van der Waals surface area contributed by atoms with Crippen molar-refractivity contribution < 1.29 is 49.8 Å². The summed E-state index contributed by atoms with van der Waals surface area (Å²) in [5, 5.41) is 13.8. The van der Waals surface area contributed by atoms with Gasteiger partial charge in [-0.1, -0.05) is 18.2 Å². The van der Waals surface area contributed by atoms with Gasteiger partial charge in [-0.05, 0) is 43.7 Å². The van der Waals surface area contributed by atoms with Crippen molar-refractivity contribution in [2.45, 2.75) is 44.7 Å². The molecule has 2 aromatic carbocycles. The maximum Gasteiger partial charge on any atom is 0.417 e. The molecule has 3 N–H and O–H groups in total. The van der Waals surface area contributed by atoms with Gasteiger partial charge in [0.05, 0.1) is 16.6 Å². The third-order valence-corrected chi connectivity index (χ3v) is 7.28. The van der Waals surface area contributed by atoms with Gasteiger partial charge in [0.15, 0.2) is 0 Å². The molecule has 0 bridgehead atoms. The van der Waals surface area contributed by atoms with E-state index in [0.717, 1.165) is 16.7 Å². The number of hydrogen-bond donors (Lipinski definition) is 3. The van der Waals surface area contributed by atoms with Crippen LogP contribution in [0, 0.1) is 18.6 Å². The quantitative estimate of drug-likeness (QED) is 0.201. The molecule has 0 radical (unpaired) electrons. The van der Waals surface area contributed by atoms with Crippen molar-refractivity contribution >= 4 is 28.5 Å². The molecule has 0 spiro atoms. The first-order chi connectivity index (χ1) is 21.3. The van der Waals surface area contributed by atoms with Gasteiger partial charge >= 0.3 is 18.3 Å². The second-order valence-electron chi connectivity index (χ2n) is 10.4. The number of nitrogens with zero attached hydrogens (tertiary/aromatic N) is 2. The fraction of sp³-hybridized carbons (Fsp3) is 0.267. The number of pyridine rings is 2. The maximum atomic E-state index is 14.7. The Morgan fingerprint density at radius 1 is 1.02 bits per heavy atom. The van der Waals surface area contributed by atoms with Crippen LogP contribution in [-0.4, -0.2) is 44.8 Å². The highest BCUT2D eigenvalue weighted by Gasteiger charge is 2.38. The number of aryl methyl sites for hydroxylation is 1. The van der Waals surface area contributed by atoms with Gasteiger partial charge in [0.1, 0.15) is 29.3 Å². The standard InChI is InChI=1S/C30H24F8N4O4/c1-13-9-19(30(36,37)38)23(27(44)42(13)3)18-7-6-15(17-5-4-8-39-25(17)18)10-22(28(45)46)41-26(43)24-20(31)11-16(12-21(24)32)40-14(2)29(33,34)35/h4-9,11-12,14,22,40H,10H2,1-3H3,(H,41,43)(H,45,46). The molecule has 2 unspecified atom stereocenters. The maximum absolute atomic E-state index is 14.7. The van der Waals surface area contributed by atoms with Crippen LogP contribution in [0.15, 0.2) is 53.5 Å². The van der Waals surface area contributed by atoms with Crippen LogP contribution in [0.4, 0.5) is 40.8 Å². The molecule has 0 fully saturated rings. The minimum absolute atomic E-state index is 0.0460. The number of carbonyl (C=O) groups excluding carboxylic acids is 1. The van der Waals surface area contributed by atoms with E-state index in [-0.39, 0.29) is 27.7 Å². The molecule has 0 aliphatic heterocycles. The van der Waals surface area contributed by atoms with E-state index < -0.39 is 82.3 Å². The third-order valence-electron chi connectivity index (χ3n) is 7.28. The Bertz CT molecular complexity index is 1880. The van der Waals surface area contributed by atoms with Gasteiger partial charge in [0, 0.05) is 42.0 Å². The lowest BCUT2D eigenvalue weighted by molar-refractivity contribution is -0.139. The second kappa shape index (κ2) is 12.4. The predicted octanol–water partition coefficient (Wildman–Crippen LogP) is 5.99. The Kier molecular flexibility index (Phi) is 9.13. The van der Waals surface area contributed by atoms with Crippen LogP contribution >= 0.6 is 0 Å². The molecule has 4 aromatic rings. The Balaban J connectivity index is 1.71. The largest absolute Gasteiger partial charge is 0.480 e. The monoisotopic (exact) mass is 656 g/mol. The number of aliphatic carboxylic acids is 1. The highest BCUT2D eigenvalue weighted by Crippen LogP contribution is 2.38. The van der Waals surface area contributed by atoms with Crippen molar-refractivity contribution in [1.82, 2.24) is 14.9 Å². The fourth-order valence-corrected chi connectivity index (χ4v) is 4.77. The number of carbonyl (C=O) groups is 2. The van der Waals surface area contributed by atoms with E-state index in [2.05, 4.69) is 4.98 Å². The van der Waals surface area contributed by atoms with E-state index in [0.29, 0.717) is 19.1 Å². The number of amides is 1. The molecule has 0 aliphatic carbocycles. The molecule has 0 saturated heterocycles. The van der Waals surface area contributed by atoms with Crippen molar-refractivity contribution in [3.8, 4) is 11.1 Å². The van der Waals surface area contributed by atoms with Crippen LogP contribution < -0.4 is 16.2 Å². The Hall–Kier alpha value is -5.02. The summed E-state index contributed by atoms with van der Waals surface area (Å²) in [6.07, 6.45) is -8.96. The summed E-state index contributed by atoms with van der Waals surface area (Å²) >= 11 is 0. The lowest BCUT2D eigenvalue weighted by atomic mass is 9.93. The van der Waals surface area contributed by atoms with Gasteiger partial charge in [-0.2, -0.15) is 26.3 Å². The number of carboxylic acid groups (broad SMARTS) is 1. The average Bonchev–Trinajstić information content (AvgIpc) is 2.94. The average molecular weight is 657 g/mol. The van der Waals surface area contributed by atoms with Gasteiger partial charge in [-0.15, -0.1) is 0 Å². The first-order valence-electron chi connectivity index (χ1n) is 13.3. The van der Waals surface area contributed by atoms with Crippen molar-refractivity contribution in [1.29, 1.82) is 0 Å². The zero-order valence-electron chi connectivity index (χ0n) is 24.1. The minimum Gasteiger partial charge on any atom is -0.480 e. The van der Waals surface area contributed by atoms with Crippen LogP contribution in [0.25, 0.3) is 22.0 Å². The van der Waals surface area contributed by atoms with Crippen LogP contribution in [0.3, 0.4) is 0 Å². The van der Waals surface area contributed by atoms with Crippen molar-refractivity contribution in [3.05, 3.63) is 93.0 Å². The summed E-state index contributed by atoms with van der Waals surface area (Å²) in [7, 11) is 1.30. The first kappa shape index (κ1) is 33.9. The first-order valence-corrected chi connectivity index (χ1v) is 13.3. The summed E-state index contributed by atoms with van der Waals surface area (Å²) in [4.78, 5) is 42.1. The van der Waals surface area contributed by atoms with Gasteiger partial charge in [0.25, 0.3) is 11.5 Å². The normalized spacial score (nSPS) is 13.4. The molecule has 0 saturated carbocycles. The van der Waals surface area contributed by atoms with Gasteiger partial charge < -0.3 is 20.3 Å². The molecular weight excluding hydrogens is 632 g/mol. The smallest absolute Gasteiger partial charge is 0.417 e. The summed E-state index contributed by atoms with van der Waals surface area (Å²) < 4.78 is 111. The lowest BCUT2D eigenvalue weighted by Crippen LogP contribution is -2.43. The summed E-state index contributed by atoms with van der Waals surface area (Å²) in [5.74, 6) is -6.33. The number of hydrogen-bond acceptors (Lipinski definition) is 5. The molecule has 4 rings (SSSR count). The topological polar surface area (TPSA) is 113 Å². The van der Waals surface area contributed by atoms with E-state index in [1.165, 1.54) is 38.4 Å². The molecule has 244 valence electrons. The van der Waals surface area contributed by atoms with Crippen LogP contribution in [-0.2, 0) is 24.4 Å². The summed E-state index contributed by atoms with van der Waals surface area (Å²) in [6, 6.07) is 2.87. The lowest BCUT2D eigenvalue weighted by Gasteiger charge is -2.20. The Labute approximate surface area is 254 Å². The molecule has 1 amide bonds. The van der Waals surface area contributed by atoms with Gasteiger partial charge in [0.2, 0.25) is 0 Å². The molecule has 2 heterocycles. The zero-order valence-corrected chi connectivity index (χ0v) is 24.1. The molecule has 2 atom stereocenters. The molecule has 16 heteroatoms. The second-order valence-corrected chi connectivity index (χ2v) is 10.4. The molecule has 0 aliphatic rings. The number of alkyl halides is 6. The number of rotatable bonds is 8. The summed E-state index contributed by atoms with van der Waals surface area (Å²) in [6.45, 7) is 2.03. The highest BCUT2D eigenvalue weighted by atomic mass is 19.4. The van der Waals surface area contributed by atoms with Crippen LogP contribution in [0.1, 0.15) is 34.1 Å². The van der Waals surface area contributed by atoms with E-state index in [1.807, 2.05) is 10.6 Å². The van der Waals surface area contributed by atoms with Crippen molar-refractivity contribution in [3.63, 3.8) is 0 Å². The number of aromatic nitrogens is 2.